The molecule has 0 spiro atoms. The maximum Gasteiger partial charge on any atom is 0.437 e. The van der Waals surface area contributed by atoms with Crippen LogP contribution in [0.3, 0.4) is 0 Å². The van der Waals surface area contributed by atoms with Crippen LogP contribution in [-0.2, 0) is 12.6 Å². The van der Waals surface area contributed by atoms with Gasteiger partial charge in [0.25, 0.3) is 0 Å². The molecule has 10 heteroatoms. The van der Waals surface area contributed by atoms with E-state index in [0.717, 1.165) is 6.07 Å². The molecule has 1 heterocycles. The molecule has 0 saturated heterocycles. The smallest absolute Gasteiger partial charge is 0.437 e. The molecule has 32 heavy (non-hydrogen) atoms. The zero-order valence-corrected chi connectivity index (χ0v) is 17.5. The Hall–Kier alpha value is -3.30. The van der Waals surface area contributed by atoms with Crippen molar-refractivity contribution in [1.82, 2.24) is 5.16 Å². The molecule has 2 aromatic carbocycles. The maximum absolute atomic E-state index is 13.9. The fourth-order valence-electron chi connectivity index (χ4n) is 3.40. The quantitative estimate of drug-likeness (QED) is 0.338. The average molecular weight is 454 g/mol. The third-order valence-electron chi connectivity index (χ3n) is 4.99. The third-order valence-corrected chi connectivity index (χ3v) is 4.99. The summed E-state index contributed by atoms with van der Waals surface area (Å²) >= 11 is 0. The Morgan fingerprint density at radius 3 is 2.62 bits per heavy atom. The number of carboxylic acid groups (broad SMARTS) is 1. The first-order valence-electron chi connectivity index (χ1n) is 9.98. The predicted octanol–water partition coefficient (Wildman–Crippen LogP) is 5.54. The normalized spacial score (nSPS) is 11.7. The molecule has 172 valence electrons. The lowest BCUT2D eigenvalue weighted by atomic mass is 10.0. The van der Waals surface area contributed by atoms with Gasteiger partial charge in [0.1, 0.15) is 11.6 Å². The minimum Gasteiger partial charge on any atom is -0.493 e. The Labute approximate surface area is 181 Å². The van der Waals surface area contributed by atoms with Gasteiger partial charge in [-0.25, -0.2) is 9.18 Å². The first-order valence-corrected chi connectivity index (χ1v) is 9.98. The van der Waals surface area contributed by atoms with E-state index in [-0.39, 0.29) is 17.6 Å². The number of rotatable bonds is 9. The van der Waals surface area contributed by atoms with E-state index in [9.17, 15) is 22.4 Å². The highest BCUT2D eigenvalue weighted by molar-refractivity contribution is 5.88. The van der Waals surface area contributed by atoms with E-state index in [4.69, 9.17) is 14.4 Å². The summed E-state index contributed by atoms with van der Waals surface area (Å²) in [5.74, 6) is -1.72. The number of fused-ring (bicyclic) bond motifs is 1. The first-order chi connectivity index (χ1) is 15.1. The summed E-state index contributed by atoms with van der Waals surface area (Å²) in [5, 5.41) is 12.0. The van der Waals surface area contributed by atoms with E-state index in [2.05, 4.69) is 5.16 Å². The lowest BCUT2D eigenvalue weighted by molar-refractivity contribution is -0.141. The molecule has 0 unspecified atom stereocenters. The van der Waals surface area contributed by atoms with Gasteiger partial charge >= 0.3 is 12.1 Å². The summed E-state index contributed by atoms with van der Waals surface area (Å²) in [6.45, 7) is 2.65. The third kappa shape index (κ3) is 4.95. The Kier molecular flexibility index (Phi) is 6.90. The van der Waals surface area contributed by atoms with Gasteiger partial charge in [0.2, 0.25) is 0 Å². The standard InChI is InChI=1S/C22H22F4N2O4/c1-3-5-15-18(9-8-16-19(15)32-27-20(16)22(24,25)26)31-11-4-10-28(2)13-6-7-14(21(29)30)17(23)12-13/h6-9,12H,3-5,10-11H2,1-2H3,(H,29,30). The van der Waals surface area contributed by atoms with Crippen LogP contribution in [0.15, 0.2) is 34.9 Å². The molecule has 0 fully saturated rings. The maximum atomic E-state index is 13.9. The van der Waals surface area contributed by atoms with E-state index in [1.165, 1.54) is 24.3 Å². The molecule has 0 aliphatic heterocycles. The van der Waals surface area contributed by atoms with Crippen LogP contribution in [-0.4, -0.2) is 36.4 Å². The highest BCUT2D eigenvalue weighted by Gasteiger charge is 2.37. The monoisotopic (exact) mass is 454 g/mol. The molecule has 1 N–H and O–H groups in total. The van der Waals surface area contributed by atoms with Gasteiger partial charge in [0.15, 0.2) is 11.3 Å². The molecule has 1 aromatic heterocycles. The number of hydrogen-bond acceptors (Lipinski definition) is 5. The second-order valence-corrected chi connectivity index (χ2v) is 7.29. The fraction of sp³-hybridized carbons (Fsp3) is 0.364. The van der Waals surface area contributed by atoms with E-state index in [1.54, 1.807) is 11.9 Å². The predicted molar refractivity (Wildman–Crippen MR) is 110 cm³/mol. The molecule has 3 rings (SSSR count). The number of alkyl halides is 3. The summed E-state index contributed by atoms with van der Waals surface area (Å²) < 4.78 is 64.0. The highest BCUT2D eigenvalue weighted by atomic mass is 19.4. The Morgan fingerprint density at radius 2 is 2.00 bits per heavy atom. The zero-order chi connectivity index (χ0) is 23.5. The second-order valence-electron chi connectivity index (χ2n) is 7.29. The average Bonchev–Trinajstić information content (AvgIpc) is 3.17. The van der Waals surface area contributed by atoms with Crippen LogP contribution in [0, 0.1) is 5.82 Å². The van der Waals surface area contributed by atoms with Crippen molar-refractivity contribution in [3.63, 3.8) is 0 Å². The van der Waals surface area contributed by atoms with Crippen LogP contribution in [0.1, 0.15) is 41.4 Å². The fourth-order valence-corrected chi connectivity index (χ4v) is 3.40. The summed E-state index contributed by atoms with van der Waals surface area (Å²) in [7, 11) is 1.73. The minimum atomic E-state index is -4.61. The number of nitrogens with zero attached hydrogens (tertiary/aromatic N) is 2. The number of ether oxygens (including phenoxy) is 1. The molecule has 3 aromatic rings. The number of anilines is 1. The van der Waals surface area contributed by atoms with Gasteiger partial charge in [-0.05, 0) is 43.2 Å². The van der Waals surface area contributed by atoms with Crippen molar-refractivity contribution in [2.24, 2.45) is 0 Å². The Morgan fingerprint density at radius 1 is 1.25 bits per heavy atom. The van der Waals surface area contributed by atoms with Gasteiger partial charge in [-0.3, -0.25) is 0 Å². The molecule has 0 radical (unpaired) electrons. The molecule has 0 saturated carbocycles. The summed E-state index contributed by atoms with van der Waals surface area (Å²) in [6.07, 6.45) is -2.93. The first kappa shape index (κ1) is 23.4. The SMILES string of the molecule is CCCc1c(OCCCN(C)c2ccc(C(=O)O)c(F)c2)ccc2c(C(F)(F)F)noc12. The molecule has 0 aliphatic rings. The van der Waals surface area contributed by atoms with Crippen molar-refractivity contribution >= 4 is 22.6 Å². The number of carboxylic acids is 1. The van der Waals surface area contributed by atoms with Crippen LogP contribution < -0.4 is 9.64 Å². The van der Waals surface area contributed by atoms with Crippen molar-refractivity contribution in [2.45, 2.75) is 32.4 Å². The van der Waals surface area contributed by atoms with Crippen LogP contribution in [0.2, 0.25) is 0 Å². The van der Waals surface area contributed by atoms with Gasteiger partial charge in [0.05, 0.1) is 17.6 Å². The lowest BCUT2D eigenvalue weighted by Gasteiger charge is -2.20. The molecule has 6 nitrogen and oxygen atoms in total. The van der Waals surface area contributed by atoms with Crippen molar-refractivity contribution in [3.05, 3.63) is 53.0 Å². The van der Waals surface area contributed by atoms with Crippen molar-refractivity contribution in [1.29, 1.82) is 0 Å². The van der Waals surface area contributed by atoms with Gasteiger partial charge in [-0.15, -0.1) is 0 Å². The Balaban J connectivity index is 1.66. The van der Waals surface area contributed by atoms with E-state index < -0.39 is 29.2 Å². The summed E-state index contributed by atoms with van der Waals surface area (Å²) in [6, 6.07) is 6.66. The second kappa shape index (κ2) is 9.46. The minimum absolute atomic E-state index is 0.0720. The van der Waals surface area contributed by atoms with Gasteiger partial charge in [-0.2, -0.15) is 13.2 Å². The van der Waals surface area contributed by atoms with Crippen LogP contribution in [0.5, 0.6) is 5.75 Å². The summed E-state index contributed by atoms with van der Waals surface area (Å²) in [5.41, 5.74) is -0.331. The van der Waals surface area contributed by atoms with E-state index in [0.29, 0.717) is 42.8 Å². The Bertz CT molecular complexity index is 1110. The van der Waals surface area contributed by atoms with Crippen molar-refractivity contribution in [3.8, 4) is 5.75 Å². The molecule has 0 bridgehead atoms. The number of aromatic carboxylic acids is 1. The van der Waals surface area contributed by atoms with Crippen LogP contribution in [0.4, 0.5) is 23.2 Å². The lowest BCUT2D eigenvalue weighted by Crippen LogP contribution is -2.21. The van der Waals surface area contributed by atoms with Gasteiger partial charge < -0.3 is 19.3 Å². The molecule has 0 aliphatic carbocycles. The van der Waals surface area contributed by atoms with Crippen molar-refractivity contribution in [2.75, 3.05) is 25.1 Å². The van der Waals surface area contributed by atoms with Crippen LogP contribution in [0.25, 0.3) is 11.0 Å². The van der Waals surface area contributed by atoms with Gasteiger partial charge in [0, 0.05) is 24.8 Å². The van der Waals surface area contributed by atoms with Gasteiger partial charge in [-0.1, -0.05) is 18.5 Å². The topological polar surface area (TPSA) is 75.8 Å². The van der Waals surface area contributed by atoms with E-state index in [1.807, 2.05) is 6.92 Å². The number of aromatic nitrogens is 1. The largest absolute Gasteiger partial charge is 0.493 e. The number of halogens is 4. The molecule has 0 atom stereocenters. The van der Waals surface area contributed by atoms with E-state index >= 15 is 0 Å². The number of hydrogen-bond donors (Lipinski definition) is 1. The number of benzene rings is 2. The number of aryl methyl sites for hydroxylation is 1. The molecular weight excluding hydrogens is 432 g/mol. The van der Waals surface area contributed by atoms with Crippen LogP contribution >= 0.6 is 0 Å². The molecular formula is C22H22F4N2O4. The zero-order valence-electron chi connectivity index (χ0n) is 17.5. The van der Waals surface area contributed by atoms with Crippen molar-refractivity contribution < 1.29 is 36.7 Å². The summed E-state index contributed by atoms with van der Waals surface area (Å²) in [4.78, 5) is 12.7. The molecule has 0 amide bonds. The highest BCUT2D eigenvalue weighted by Crippen LogP contribution is 2.38. The number of carbonyl (C=O) groups is 1.